The third-order valence-electron chi connectivity index (χ3n) is 2.69. The summed E-state index contributed by atoms with van der Waals surface area (Å²) in [5, 5.41) is 11.5. The van der Waals surface area contributed by atoms with Crippen molar-refractivity contribution in [3.05, 3.63) is 52.5 Å². The van der Waals surface area contributed by atoms with E-state index >= 15 is 0 Å². The van der Waals surface area contributed by atoms with E-state index in [2.05, 4.69) is 26.1 Å². The lowest BCUT2D eigenvalue weighted by Gasteiger charge is -1.94. The van der Waals surface area contributed by atoms with Gasteiger partial charge in [0.1, 0.15) is 5.52 Å². The Labute approximate surface area is 117 Å². The summed E-state index contributed by atoms with van der Waals surface area (Å²) in [6.07, 6.45) is 1.35. The summed E-state index contributed by atoms with van der Waals surface area (Å²) in [5.41, 5.74) is 3.10. The molecule has 0 amide bonds. The number of halogens is 1. The van der Waals surface area contributed by atoms with Crippen LogP contribution in [0, 0.1) is 0 Å². The standard InChI is InChI=1S/C14H9BrN2O2/c15-11-3-1-2-10(7-11)14-17-12-6-9(8-16-18)4-5-13(12)19-14/h1-8,18H/b16-8+. The zero-order chi connectivity index (χ0) is 13.2. The van der Waals surface area contributed by atoms with Crippen LogP contribution in [0.3, 0.4) is 0 Å². The van der Waals surface area contributed by atoms with Crippen LogP contribution in [-0.2, 0) is 0 Å². The van der Waals surface area contributed by atoms with Gasteiger partial charge in [0, 0.05) is 10.0 Å². The Kier molecular flexibility index (Phi) is 3.05. The van der Waals surface area contributed by atoms with E-state index in [0.717, 1.165) is 21.1 Å². The fraction of sp³-hybridized carbons (Fsp3) is 0. The number of nitrogens with zero attached hydrogens (tertiary/aromatic N) is 2. The molecule has 94 valence electrons. The predicted octanol–water partition coefficient (Wildman–Crippen LogP) is 4.07. The molecular weight excluding hydrogens is 308 g/mol. The molecule has 1 heterocycles. The van der Waals surface area contributed by atoms with Crippen molar-refractivity contribution in [3.63, 3.8) is 0 Å². The molecule has 0 aliphatic rings. The second-order valence-electron chi connectivity index (χ2n) is 4.00. The highest BCUT2D eigenvalue weighted by Gasteiger charge is 2.08. The predicted molar refractivity (Wildman–Crippen MR) is 76.5 cm³/mol. The monoisotopic (exact) mass is 316 g/mol. The quantitative estimate of drug-likeness (QED) is 0.440. The van der Waals surface area contributed by atoms with Crippen LogP contribution in [0.25, 0.3) is 22.6 Å². The molecule has 0 fully saturated rings. The van der Waals surface area contributed by atoms with E-state index in [1.165, 1.54) is 6.21 Å². The van der Waals surface area contributed by atoms with E-state index in [0.29, 0.717) is 11.5 Å². The van der Waals surface area contributed by atoms with Crippen LogP contribution in [0.15, 0.2) is 56.5 Å². The SMILES string of the molecule is O/N=C/c1ccc2oc(-c3cccc(Br)c3)nc2c1. The summed E-state index contributed by atoms with van der Waals surface area (Å²) in [6, 6.07) is 13.2. The Morgan fingerprint density at radius 3 is 2.89 bits per heavy atom. The third-order valence-corrected chi connectivity index (χ3v) is 3.18. The van der Waals surface area contributed by atoms with Crippen LogP contribution in [0.1, 0.15) is 5.56 Å². The number of hydrogen-bond acceptors (Lipinski definition) is 4. The van der Waals surface area contributed by atoms with Crippen molar-refractivity contribution >= 4 is 33.2 Å². The van der Waals surface area contributed by atoms with Crippen LogP contribution in [0.4, 0.5) is 0 Å². The van der Waals surface area contributed by atoms with Crippen LogP contribution in [-0.4, -0.2) is 16.4 Å². The number of aromatic nitrogens is 1. The van der Waals surface area contributed by atoms with Crippen LogP contribution < -0.4 is 0 Å². The molecule has 0 bridgehead atoms. The van der Waals surface area contributed by atoms with Crippen molar-refractivity contribution in [1.29, 1.82) is 0 Å². The van der Waals surface area contributed by atoms with Gasteiger partial charge in [-0.3, -0.25) is 0 Å². The first kappa shape index (κ1) is 11.9. The minimum absolute atomic E-state index is 0.564. The summed E-state index contributed by atoms with van der Waals surface area (Å²) in [5.74, 6) is 0.564. The van der Waals surface area contributed by atoms with Gasteiger partial charge in [-0.15, -0.1) is 0 Å². The largest absolute Gasteiger partial charge is 0.436 e. The van der Waals surface area contributed by atoms with E-state index < -0.39 is 0 Å². The first-order valence-electron chi connectivity index (χ1n) is 5.60. The van der Waals surface area contributed by atoms with Gasteiger partial charge in [0.2, 0.25) is 5.89 Å². The fourth-order valence-corrected chi connectivity index (χ4v) is 2.24. The Balaban J connectivity index is 2.11. The molecule has 0 saturated carbocycles. The summed E-state index contributed by atoms with van der Waals surface area (Å²) >= 11 is 3.42. The molecule has 0 spiro atoms. The summed E-state index contributed by atoms with van der Waals surface area (Å²) < 4.78 is 6.68. The van der Waals surface area contributed by atoms with E-state index in [9.17, 15) is 0 Å². The summed E-state index contributed by atoms with van der Waals surface area (Å²) in [7, 11) is 0. The van der Waals surface area contributed by atoms with Gasteiger partial charge < -0.3 is 9.62 Å². The van der Waals surface area contributed by atoms with E-state index in [-0.39, 0.29) is 0 Å². The Morgan fingerprint density at radius 2 is 2.11 bits per heavy atom. The van der Waals surface area contributed by atoms with E-state index in [1.807, 2.05) is 24.3 Å². The average Bonchev–Trinajstić information content (AvgIpc) is 2.82. The van der Waals surface area contributed by atoms with Crippen molar-refractivity contribution in [1.82, 2.24) is 4.98 Å². The molecule has 0 aliphatic carbocycles. The molecule has 19 heavy (non-hydrogen) atoms. The number of rotatable bonds is 2. The molecule has 3 aromatic rings. The van der Waals surface area contributed by atoms with Gasteiger partial charge in [0.05, 0.1) is 6.21 Å². The molecule has 4 nitrogen and oxygen atoms in total. The topological polar surface area (TPSA) is 58.6 Å². The molecule has 0 saturated heterocycles. The number of fused-ring (bicyclic) bond motifs is 1. The first-order chi connectivity index (χ1) is 9.26. The highest BCUT2D eigenvalue weighted by atomic mass is 79.9. The molecule has 1 N–H and O–H groups in total. The first-order valence-corrected chi connectivity index (χ1v) is 6.39. The van der Waals surface area contributed by atoms with Crippen molar-refractivity contribution in [3.8, 4) is 11.5 Å². The Bertz CT molecular complexity index is 765. The lowest BCUT2D eigenvalue weighted by atomic mass is 10.2. The summed E-state index contributed by atoms with van der Waals surface area (Å²) in [6.45, 7) is 0. The molecule has 2 aromatic carbocycles. The molecule has 0 unspecified atom stereocenters. The average molecular weight is 317 g/mol. The number of oxazole rings is 1. The lowest BCUT2D eigenvalue weighted by molar-refractivity contribution is 0.322. The third kappa shape index (κ3) is 2.37. The Hall–Kier alpha value is -2.14. The van der Waals surface area contributed by atoms with Crippen molar-refractivity contribution < 1.29 is 9.62 Å². The maximum Gasteiger partial charge on any atom is 0.227 e. The normalized spacial score (nSPS) is 11.4. The van der Waals surface area contributed by atoms with Gasteiger partial charge in [-0.2, -0.15) is 0 Å². The van der Waals surface area contributed by atoms with E-state index in [1.54, 1.807) is 18.2 Å². The zero-order valence-corrected chi connectivity index (χ0v) is 11.3. The molecule has 0 aliphatic heterocycles. The minimum Gasteiger partial charge on any atom is -0.436 e. The zero-order valence-electron chi connectivity index (χ0n) is 9.75. The van der Waals surface area contributed by atoms with Crippen LogP contribution in [0.5, 0.6) is 0 Å². The lowest BCUT2D eigenvalue weighted by Crippen LogP contribution is -1.80. The van der Waals surface area contributed by atoms with Gasteiger partial charge in [-0.05, 0) is 42.0 Å². The molecule has 5 heteroatoms. The molecule has 3 rings (SSSR count). The van der Waals surface area contributed by atoms with E-state index in [4.69, 9.17) is 9.62 Å². The maximum atomic E-state index is 8.53. The second kappa shape index (κ2) is 4.85. The molecule has 0 atom stereocenters. The van der Waals surface area contributed by atoms with Gasteiger partial charge in [-0.25, -0.2) is 4.98 Å². The fourth-order valence-electron chi connectivity index (χ4n) is 1.84. The smallest absolute Gasteiger partial charge is 0.227 e. The number of hydrogen-bond donors (Lipinski definition) is 1. The molecular formula is C14H9BrN2O2. The van der Waals surface area contributed by atoms with Gasteiger partial charge in [0.15, 0.2) is 5.58 Å². The van der Waals surface area contributed by atoms with Crippen molar-refractivity contribution in [2.75, 3.05) is 0 Å². The summed E-state index contributed by atoms with van der Waals surface area (Å²) in [4.78, 5) is 4.44. The second-order valence-corrected chi connectivity index (χ2v) is 4.92. The Morgan fingerprint density at radius 1 is 1.21 bits per heavy atom. The van der Waals surface area contributed by atoms with Crippen LogP contribution in [0.2, 0.25) is 0 Å². The minimum atomic E-state index is 0.564. The molecule has 1 aromatic heterocycles. The van der Waals surface area contributed by atoms with Gasteiger partial charge in [0.25, 0.3) is 0 Å². The van der Waals surface area contributed by atoms with Crippen molar-refractivity contribution in [2.24, 2.45) is 5.16 Å². The molecule has 0 radical (unpaired) electrons. The maximum absolute atomic E-state index is 8.53. The van der Waals surface area contributed by atoms with Gasteiger partial charge >= 0.3 is 0 Å². The highest BCUT2D eigenvalue weighted by molar-refractivity contribution is 9.10. The number of benzene rings is 2. The number of oxime groups is 1. The van der Waals surface area contributed by atoms with Crippen molar-refractivity contribution in [2.45, 2.75) is 0 Å². The highest BCUT2D eigenvalue weighted by Crippen LogP contribution is 2.26. The van der Waals surface area contributed by atoms with Crippen LogP contribution >= 0.6 is 15.9 Å². The van der Waals surface area contributed by atoms with Gasteiger partial charge in [-0.1, -0.05) is 27.2 Å².